The van der Waals surface area contributed by atoms with Crippen LogP contribution in [-0.4, -0.2) is 16.5 Å². The maximum Gasteiger partial charge on any atom is 0.338 e. The molecule has 0 atom stereocenters. The average Bonchev–Trinajstić information content (AvgIpc) is 3.01. The first-order chi connectivity index (χ1) is 13.3. The highest BCUT2D eigenvalue weighted by Crippen LogP contribution is 2.47. The summed E-state index contributed by atoms with van der Waals surface area (Å²) in [7, 11) is 0. The highest BCUT2D eigenvalue weighted by atomic mass is 32.1. The molecule has 1 aromatic heterocycles. The molecule has 4 rings (SSSR count). The first-order valence-electron chi connectivity index (χ1n) is 9.25. The van der Waals surface area contributed by atoms with Gasteiger partial charge in [-0.15, -0.1) is 0 Å². The van der Waals surface area contributed by atoms with Gasteiger partial charge < -0.3 is 10.1 Å². The number of esters is 1. The predicted molar refractivity (Wildman–Crippen MR) is 117 cm³/mol. The van der Waals surface area contributed by atoms with Crippen molar-refractivity contribution in [3.63, 3.8) is 0 Å². The second-order valence-corrected chi connectivity index (χ2v) is 8.80. The van der Waals surface area contributed by atoms with E-state index < -0.39 is 0 Å². The predicted octanol–water partition coefficient (Wildman–Crippen LogP) is 6.08. The van der Waals surface area contributed by atoms with Gasteiger partial charge in [0.05, 0.1) is 28.3 Å². The molecule has 0 saturated carbocycles. The summed E-state index contributed by atoms with van der Waals surface area (Å²) < 4.78 is 7.93. The lowest BCUT2D eigenvalue weighted by Crippen LogP contribution is -2.30. The molecule has 4 nitrogen and oxygen atoms in total. The van der Waals surface area contributed by atoms with Crippen molar-refractivity contribution in [3.8, 4) is 16.8 Å². The zero-order chi connectivity index (χ0) is 20.1. The summed E-state index contributed by atoms with van der Waals surface area (Å²) in [4.78, 5) is 13.1. The fraction of sp³-hybridized carbons (Fsp3) is 0.273. The number of carbonyl (C=O) groups is 1. The summed E-state index contributed by atoms with van der Waals surface area (Å²) in [5.41, 5.74) is 5.86. The van der Waals surface area contributed by atoms with Gasteiger partial charge in [-0.25, -0.2) is 4.79 Å². The molecule has 1 N–H and O–H groups in total. The molecule has 1 aliphatic heterocycles. The van der Waals surface area contributed by atoms with Crippen molar-refractivity contribution in [3.05, 3.63) is 63.1 Å². The van der Waals surface area contributed by atoms with Crippen molar-refractivity contribution in [1.82, 2.24) is 3.96 Å². The van der Waals surface area contributed by atoms with Gasteiger partial charge in [0, 0.05) is 16.8 Å². The molecule has 3 aromatic rings. The summed E-state index contributed by atoms with van der Waals surface area (Å²) in [5.74, 6) is -0.308. The number of ether oxygens (including phenoxy) is 1. The molecule has 0 radical (unpaired) electrons. The minimum Gasteiger partial charge on any atom is -0.462 e. The quantitative estimate of drug-likeness (QED) is 0.420. The third-order valence-electron chi connectivity index (χ3n) is 4.88. The summed E-state index contributed by atoms with van der Waals surface area (Å²) >= 11 is 7.55. The smallest absolute Gasteiger partial charge is 0.338 e. The normalized spacial score (nSPS) is 14.0. The molecule has 0 bridgehead atoms. The van der Waals surface area contributed by atoms with Gasteiger partial charge in [-0.1, -0.05) is 35.4 Å². The summed E-state index contributed by atoms with van der Waals surface area (Å²) in [6, 6.07) is 13.8. The maximum absolute atomic E-state index is 11.9. The minimum absolute atomic E-state index is 0.216. The summed E-state index contributed by atoms with van der Waals surface area (Å²) in [6.07, 6.45) is 0. The Kier molecular flexibility index (Phi) is 4.63. The van der Waals surface area contributed by atoms with Crippen molar-refractivity contribution in [1.29, 1.82) is 0 Å². The number of fused-ring (bicyclic) bond motifs is 3. The molecule has 0 unspecified atom stereocenters. The molecule has 0 amide bonds. The minimum atomic E-state index is -0.308. The Morgan fingerprint density at radius 1 is 1.21 bits per heavy atom. The van der Waals surface area contributed by atoms with E-state index in [1.54, 1.807) is 30.6 Å². The molecule has 28 heavy (non-hydrogen) atoms. The number of nitrogens with one attached hydrogen (secondary N) is 1. The van der Waals surface area contributed by atoms with Crippen molar-refractivity contribution in [2.24, 2.45) is 0 Å². The molecule has 0 spiro atoms. The zero-order valence-electron chi connectivity index (χ0n) is 16.3. The molecule has 1 aliphatic rings. The van der Waals surface area contributed by atoms with Crippen molar-refractivity contribution in [2.75, 3.05) is 11.9 Å². The van der Waals surface area contributed by atoms with E-state index in [4.69, 9.17) is 17.0 Å². The van der Waals surface area contributed by atoms with E-state index in [1.807, 2.05) is 12.1 Å². The summed E-state index contributed by atoms with van der Waals surface area (Å²) in [5, 5.41) is 3.64. The van der Waals surface area contributed by atoms with Gasteiger partial charge in [-0.05, 0) is 64.1 Å². The van der Waals surface area contributed by atoms with Crippen LogP contribution in [-0.2, 0) is 10.3 Å². The molecule has 144 valence electrons. The van der Waals surface area contributed by atoms with Crippen LogP contribution in [0, 0.1) is 11.6 Å². The van der Waals surface area contributed by atoms with Crippen LogP contribution < -0.4 is 5.32 Å². The van der Waals surface area contributed by atoms with E-state index in [1.165, 1.54) is 10.4 Å². The van der Waals surface area contributed by atoms with Crippen LogP contribution in [0.1, 0.15) is 41.6 Å². The number of carbonyl (C=O) groups excluding carboxylic acids is 1. The van der Waals surface area contributed by atoms with Crippen molar-refractivity contribution >= 4 is 35.4 Å². The Morgan fingerprint density at radius 2 is 1.93 bits per heavy atom. The van der Waals surface area contributed by atoms with Gasteiger partial charge in [0.25, 0.3) is 0 Å². The largest absolute Gasteiger partial charge is 0.462 e. The SMILES string of the molecule is CCOC(=O)c1ccc(-n2sc3c(c2=S)-c2cc(C)ccc2NC3(C)C)cc1. The second-order valence-electron chi connectivity index (χ2n) is 7.46. The number of rotatable bonds is 3. The monoisotopic (exact) mass is 410 g/mol. The number of benzene rings is 2. The first kappa shape index (κ1) is 18.9. The third kappa shape index (κ3) is 3.06. The molecule has 2 aromatic carbocycles. The van der Waals surface area contributed by atoms with Gasteiger partial charge in [0.1, 0.15) is 4.64 Å². The van der Waals surface area contributed by atoms with Crippen molar-refractivity contribution in [2.45, 2.75) is 33.2 Å². The molecule has 6 heteroatoms. The second kappa shape index (κ2) is 6.87. The Labute approximate surface area is 173 Å². The van der Waals surface area contributed by atoms with Gasteiger partial charge in [-0.3, -0.25) is 3.96 Å². The third-order valence-corrected chi connectivity index (χ3v) is 6.86. The van der Waals surface area contributed by atoms with Gasteiger partial charge in [0.2, 0.25) is 0 Å². The number of anilines is 1. The fourth-order valence-corrected chi connectivity index (χ4v) is 5.18. The number of aromatic nitrogens is 1. The molecular weight excluding hydrogens is 388 g/mol. The topological polar surface area (TPSA) is 43.3 Å². The number of nitrogens with zero attached hydrogens (tertiary/aromatic N) is 1. The van der Waals surface area contributed by atoms with Crippen LogP contribution in [0.3, 0.4) is 0 Å². The van der Waals surface area contributed by atoms with E-state index in [-0.39, 0.29) is 11.5 Å². The Balaban J connectivity index is 1.84. The lowest BCUT2D eigenvalue weighted by molar-refractivity contribution is 0.0526. The zero-order valence-corrected chi connectivity index (χ0v) is 18.0. The number of aryl methyl sites for hydroxylation is 1. The Bertz CT molecular complexity index is 1120. The first-order valence-corrected chi connectivity index (χ1v) is 10.4. The Hall–Kier alpha value is -2.44. The van der Waals surface area contributed by atoms with E-state index in [0.717, 1.165) is 27.1 Å². The van der Waals surface area contributed by atoms with E-state index >= 15 is 0 Å². The van der Waals surface area contributed by atoms with Crippen LogP contribution >= 0.6 is 23.8 Å². The molecule has 0 saturated heterocycles. The van der Waals surface area contributed by atoms with E-state index in [0.29, 0.717) is 12.2 Å². The van der Waals surface area contributed by atoms with Crippen LogP contribution in [0.5, 0.6) is 0 Å². The highest BCUT2D eigenvalue weighted by molar-refractivity contribution is 7.71. The van der Waals surface area contributed by atoms with Gasteiger partial charge >= 0.3 is 5.97 Å². The fourth-order valence-electron chi connectivity index (χ4n) is 3.53. The van der Waals surface area contributed by atoms with Gasteiger partial charge in [0.15, 0.2) is 0 Å². The highest BCUT2D eigenvalue weighted by Gasteiger charge is 2.34. The van der Waals surface area contributed by atoms with Crippen molar-refractivity contribution < 1.29 is 9.53 Å². The lowest BCUT2D eigenvalue weighted by atomic mass is 9.89. The van der Waals surface area contributed by atoms with Crippen LogP contribution in [0.15, 0.2) is 42.5 Å². The number of hydrogen-bond donors (Lipinski definition) is 1. The van der Waals surface area contributed by atoms with E-state index in [9.17, 15) is 4.79 Å². The van der Waals surface area contributed by atoms with Gasteiger partial charge in [-0.2, -0.15) is 0 Å². The van der Waals surface area contributed by atoms with Crippen LogP contribution in [0.25, 0.3) is 16.8 Å². The molecule has 0 fully saturated rings. The lowest BCUT2D eigenvalue weighted by Gasteiger charge is -2.33. The standard InChI is InChI=1S/C22H22N2O2S2/c1-5-26-21(25)14-7-9-15(10-8-14)24-20(27)18-16-12-13(2)6-11-17(16)23-22(3,4)19(18)28-24/h6-12,23H,5H2,1-4H3. The van der Waals surface area contributed by atoms with Crippen LogP contribution in [0.4, 0.5) is 5.69 Å². The van der Waals surface area contributed by atoms with E-state index in [2.05, 4.69) is 48.2 Å². The number of hydrogen-bond acceptors (Lipinski definition) is 5. The Morgan fingerprint density at radius 3 is 2.61 bits per heavy atom. The molecular formula is C22H22N2O2S2. The maximum atomic E-state index is 11.9. The van der Waals surface area contributed by atoms with Crippen LogP contribution in [0.2, 0.25) is 0 Å². The molecule has 0 aliphatic carbocycles. The average molecular weight is 411 g/mol. The molecule has 2 heterocycles. The summed E-state index contributed by atoms with van der Waals surface area (Å²) in [6.45, 7) is 8.61.